The Bertz CT molecular complexity index is 1090. The van der Waals surface area contributed by atoms with Gasteiger partial charge in [0, 0.05) is 38.1 Å². The lowest BCUT2D eigenvalue weighted by Crippen LogP contribution is -2.47. The smallest absolute Gasteiger partial charge is 0.261 e. The molecule has 1 aromatic heterocycles. The molecule has 0 radical (unpaired) electrons. The maximum Gasteiger partial charge on any atom is 0.261 e. The average Bonchev–Trinajstić information content (AvgIpc) is 3.29. The van der Waals surface area contributed by atoms with Crippen molar-refractivity contribution in [3.8, 4) is 0 Å². The molecule has 1 N–H and O–H groups in total. The topological polar surface area (TPSA) is 72.5 Å². The normalized spacial score (nSPS) is 16.7. The summed E-state index contributed by atoms with van der Waals surface area (Å²) in [4.78, 5) is 30.8. The fraction of sp³-hybridized carbons (Fsp3) is 0.318. The van der Waals surface area contributed by atoms with Crippen molar-refractivity contribution in [3.63, 3.8) is 0 Å². The molecule has 162 valence electrons. The summed E-state index contributed by atoms with van der Waals surface area (Å²) < 4.78 is 13.4. The summed E-state index contributed by atoms with van der Waals surface area (Å²) >= 11 is 0. The van der Waals surface area contributed by atoms with E-state index in [1.54, 1.807) is 30.3 Å². The minimum absolute atomic E-state index is 0. The monoisotopic (exact) mass is 443 g/mol. The Morgan fingerprint density at radius 3 is 2.29 bits per heavy atom. The number of carbonyl (C=O) groups excluding carboxylic acids is 2. The number of rotatable bonds is 5. The molecule has 2 aliphatic rings. The molecule has 2 aromatic carbocycles. The fourth-order valence-corrected chi connectivity index (χ4v) is 4.30. The number of hydrogen-bond donors (Lipinski definition) is 1. The van der Waals surface area contributed by atoms with Gasteiger partial charge in [-0.05, 0) is 43.3 Å². The Kier molecular flexibility index (Phi) is 5.93. The predicted octanol–water partition coefficient (Wildman–Crippen LogP) is 2.93. The number of hydrogen-bond acceptors (Lipinski definition) is 5. The number of fused-ring (bicyclic) bond motifs is 2. The van der Waals surface area contributed by atoms with Crippen LogP contribution in [-0.4, -0.2) is 71.1 Å². The summed E-state index contributed by atoms with van der Waals surface area (Å²) in [6.07, 6.45) is 0.746. The number of aromatic amines is 1. The van der Waals surface area contributed by atoms with E-state index < -0.39 is 0 Å². The van der Waals surface area contributed by atoms with Crippen LogP contribution in [0.1, 0.15) is 27.1 Å². The van der Waals surface area contributed by atoms with Crippen LogP contribution < -0.4 is 4.90 Å². The number of imide groups is 1. The highest BCUT2D eigenvalue weighted by Gasteiger charge is 2.34. The molecule has 0 atom stereocenters. The quantitative estimate of drug-likeness (QED) is 0.614. The first-order valence-corrected chi connectivity index (χ1v) is 10.2. The predicted molar refractivity (Wildman–Crippen MR) is 118 cm³/mol. The van der Waals surface area contributed by atoms with E-state index in [1.807, 2.05) is 0 Å². The van der Waals surface area contributed by atoms with E-state index >= 15 is 0 Å². The minimum Gasteiger partial charge on any atom is -0.352 e. The molecule has 1 fully saturated rings. The Balaban J connectivity index is 0.00000231. The Hall–Kier alpha value is -2.97. The molecule has 1 saturated heterocycles. The summed E-state index contributed by atoms with van der Waals surface area (Å²) in [5.41, 5.74) is 1.71. The highest BCUT2D eigenvalue weighted by Crippen LogP contribution is 2.26. The van der Waals surface area contributed by atoms with E-state index in [-0.39, 0.29) is 30.0 Å². The van der Waals surface area contributed by atoms with Crippen LogP contribution >= 0.6 is 12.4 Å². The first-order valence-electron chi connectivity index (χ1n) is 10.2. The molecule has 31 heavy (non-hydrogen) atoms. The third-order valence-corrected chi connectivity index (χ3v) is 5.91. The van der Waals surface area contributed by atoms with Crippen molar-refractivity contribution in [3.05, 3.63) is 59.4 Å². The van der Waals surface area contributed by atoms with Gasteiger partial charge in [-0.3, -0.25) is 24.5 Å². The van der Waals surface area contributed by atoms with Crippen LogP contribution in [-0.2, 0) is 0 Å². The van der Waals surface area contributed by atoms with Crippen LogP contribution in [0.25, 0.3) is 10.9 Å². The molecule has 2 amide bonds. The van der Waals surface area contributed by atoms with Crippen molar-refractivity contribution < 1.29 is 14.0 Å². The molecule has 0 spiro atoms. The Morgan fingerprint density at radius 1 is 0.935 bits per heavy atom. The lowest BCUT2D eigenvalue weighted by Gasteiger charge is -2.35. The molecule has 0 bridgehead atoms. The van der Waals surface area contributed by atoms with Crippen LogP contribution in [0, 0.1) is 5.82 Å². The van der Waals surface area contributed by atoms with E-state index in [2.05, 4.69) is 20.0 Å². The zero-order valence-corrected chi connectivity index (χ0v) is 17.7. The molecule has 7 nitrogen and oxygen atoms in total. The van der Waals surface area contributed by atoms with Gasteiger partial charge in [-0.2, -0.15) is 5.10 Å². The van der Waals surface area contributed by atoms with Crippen molar-refractivity contribution in [2.45, 2.75) is 6.42 Å². The third-order valence-electron chi connectivity index (χ3n) is 5.91. The first kappa shape index (κ1) is 21.3. The number of H-pyrrole nitrogens is 1. The molecule has 3 heterocycles. The van der Waals surface area contributed by atoms with Crippen LogP contribution in [0.3, 0.4) is 0 Å². The lowest BCUT2D eigenvalue weighted by molar-refractivity contribution is 0.0647. The summed E-state index contributed by atoms with van der Waals surface area (Å²) in [6.45, 7) is 4.65. The van der Waals surface area contributed by atoms with Gasteiger partial charge in [-0.15, -0.1) is 12.4 Å². The summed E-state index contributed by atoms with van der Waals surface area (Å²) in [5, 5.41) is 8.20. The zero-order chi connectivity index (χ0) is 20.7. The fourth-order valence-electron chi connectivity index (χ4n) is 4.30. The second kappa shape index (κ2) is 8.64. The molecule has 9 heteroatoms. The number of piperazine rings is 1. The second-order valence-electron chi connectivity index (χ2n) is 7.73. The highest BCUT2D eigenvalue weighted by molar-refractivity contribution is 6.21. The van der Waals surface area contributed by atoms with Gasteiger partial charge in [0.1, 0.15) is 5.82 Å². The molecule has 2 aliphatic heterocycles. The highest BCUT2D eigenvalue weighted by atomic mass is 35.5. The van der Waals surface area contributed by atoms with Gasteiger partial charge in [0.2, 0.25) is 0 Å². The van der Waals surface area contributed by atoms with Crippen molar-refractivity contribution in [1.29, 1.82) is 0 Å². The van der Waals surface area contributed by atoms with Gasteiger partial charge in [-0.1, -0.05) is 12.1 Å². The number of aromatic nitrogens is 2. The molecular weight excluding hydrogens is 421 g/mol. The maximum atomic E-state index is 13.4. The van der Waals surface area contributed by atoms with Gasteiger partial charge < -0.3 is 4.90 Å². The van der Waals surface area contributed by atoms with Crippen LogP contribution in [0.15, 0.2) is 42.5 Å². The zero-order valence-electron chi connectivity index (χ0n) is 16.9. The number of halogens is 2. The molecular formula is C22H23ClFN5O2. The van der Waals surface area contributed by atoms with Crippen molar-refractivity contribution >= 4 is 40.9 Å². The summed E-state index contributed by atoms with van der Waals surface area (Å²) in [7, 11) is 0. The number of nitrogens with one attached hydrogen (secondary N) is 1. The molecule has 5 rings (SSSR count). The third kappa shape index (κ3) is 3.88. The van der Waals surface area contributed by atoms with Crippen LogP contribution in [0.4, 0.5) is 10.2 Å². The molecule has 0 unspecified atom stereocenters. The largest absolute Gasteiger partial charge is 0.352 e. The van der Waals surface area contributed by atoms with E-state index in [9.17, 15) is 14.0 Å². The van der Waals surface area contributed by atoms with Crippen molar-refractivity contribution in [2.24, 2.45) is 0 Å². The minimum atomic E-state index is -0.277. The van der Waals surface area contributed by atoms with Gasteiger partial charge in [0.25, 0.3) is 11.8 Å². The SMILES string of the molecule is Cl.O=C1c2ccccc2C(=O)N1CCCN1CCN(c2n[nH]c3cc(F)ccc23)CC1. The van der Waals surface area contributed by atoms with E-state index in [0.29, 0.717) is 23.2 Å². The summed E-state index contributed by atoms with van der Waals surface area (Å²) in [6, 6.07) is 11.7. The Labute approximate surface area is 185 Å². The first-order chi connectivity index (χ1) is 14.6. The average molecular weight is 444 g/mol. The maximum absolute atomic E-state index is 13.4. The lowest BCUT2D eigenvalue weighted by atomic mass is 10.1. The second-order valence-corrected chi connectivity index (χ2v) is 7.73. The Morgan fingerprint density at radius 2 is 1.61 bits per heavy atom. The van der Waals surface area contributed by atoms with Gasteiger partial charge in [0.15, 0.2) is 5.82 Å². The standard InChI is InChI=1S/C22H22FN5O2.ClH/c23-15-6-7-18-19(14-15)24-25-20(18)27-12-10-26(11-13-27)8-3-9-28-21(29)16-4-1-2-5-17(16)22(28)30;/h1-2,4-7,14H,3,8-13H2,(H,24,25);1H. The van der Waals surface area contributed by atoms with E-state index in [0.717, 1.165) is 50.3 Å². The van der Waals surface area contributed by atoms with Crippen LogP contribution in [0.2, 0.25) is 0 Å². The number of anilines is 1. The molecule has 0 saturated carbocycles. The van der Waals surface area contributed by atoms with Crippen molar-refractivity contribution in [1.82, 2.24) is 20.0 Å². The number of amides is 2. The van der Waals surface area contributed by atoms with Gasteiger partial charge in [0.05, 0.1) is 16.6 Å². The number of benzene rings is 2. The molecule has 3 aromatic rings. The van der Waals surface area contributed by atoms with Crippen molar-refractivity contribution in [2.75, 3.05) is 44.2 Å². The van der Waals surface area contributed by atoms with Gasteiger partial charge in [-0.25, -0.2) is 4.39 Å². The number of carbonyl (C=O) groups is 2. The summed E-state index contributed by atoms with van der Waals surface area (Å²) in [5.74, 6) is 0.195. The van der Waals surface area contributed by atoms with Crippen LogP contribution in [0.5, 0.6) is 0 Å². The van der Waals surface area contributed by atoms with E-state index in [1.165, 1.54) is 17.0 Å². The van der Waals surface area contributed by atoms with Gasteiger partial charge >= 0.3 is 0 Å². The molecule has 0 aliphatic carbocycles. The van der Waals surface area contributed by atoms with E-state index in [4.69, 9.17) is 0 Å². The number of nitrogens with zero attached hydrogens (tertiary/aromatic N) is 4.